The molecule has 4 nitrogen and oxygen atoms in total. The lowest BCUT2D eigenvalue weighted by Crippen LogP contribution is -2.10. The first-order chi connectivity index (χ1) is 9.69. The number of carbonyl (C=O) groups excluding carboxylic acids is 1. The Morgan fingerprint density at radius 1 is 1.10 bits per heavy atom. The summed E-state index contributed by atoms with van der Waals surface area (Å²) in [6.07, 6.45) is 0.967. The number of hydrogen-bond donors (Lipinski definition) is 1. The average Bonchev–Trinajstić information content (AvgIpc) is 2.48. The Labute approximate surface area is 118 Å². The van der Waals surface area contributed by atoms with E-state index in [2.05, 4.69) is 0 Å². The van der Waals surface area contributed by atoms with Gasteiger partial charge in [-0.05, 0) is 24.1 Å². The van der Waals surface area contributed by atoms with Crippen molar-refractivity contribution < 1.29 is 14.3 Å². The molecule has 0 bridgehead atoms. The van der Waals surface area contributed by atoms with Crippen LogP contribution >= 0.6 is 0 Å². The van der Waals surface area contributed by atoms with Gasteiger partial charge in [-0.15, -0.1) is 0 Å². The van der Waals surface area contributed by atoms with Gasteiger partial charge < -0.3 is 15.2 Å². The molecule has 0 saturated carbocycles. The molecule has 0 radical (unpaired) electrons. The second kappa shape index (κ2) is 6.61. The summed E-state index contributed by atoms with van der Waals surface area (Å²) in [5.74, 6) is 0.551. The van der Waals surface area contributed by atoms with Gasteiger partial charge in [-0.25, -0.2) is 0 Å². The van der Waals surface area contributed by atoms with Crippen LogP contribution in [0.1, 0.15) is 12.0 Å². The SMILES string of the molecule is COc1cc(N)ccc1OC(=O)CCc1ccccc1. The first-order valence-corrected chi connectivity index (χ1v) is 6.37. The summed E-state index contributed by atoms with van der Waals surface area (Å²) >= 11 is 0. The second-order valence-electron chi connectivity index (χ2n) is 4.37. The summed E-state index contributed by atoms with van der Waals surface area (Å²) in [4.78, 5) is 11.8. The molecule has 4 heteroatoms. The van der Waals surface area contributed by atoms with Crippen LogP contribution in [0.15, 0.2) is 48.5 Å². The smallest absolute Gasteiger partial charge is 0.311 e. The summed E-state index contributed by atoms with van der Waals surface area (Å²) in [5.41, 5.74) is 7.31. The van der Waals surface area contributed by atoms with E-state index in [9.17, 15) is 4.79 Å². The van der Waals surface area contributed by atoms with Gasteiger partial charge in [0.25, 0.3) is 0 Å². The third kappa shape index (κ3) is 3.75. The fraction of sp³-hybridized carbons (Fsp3) is 0.188. The number of ether oxygens (including phenoxy) is 2. The number of anilines is 1. The number of aryl methyl sites for hydroxylation is 1. The third-order valence-corrected chi connectivity index (χ3v) is 2.87. The Kier molecular flexibility index (Phi) is 4.60. The van der Waals surface area contributed by atoms with Crippen LogP contribution in [0.5, 0.6) is 11.5 Å². The van der Waals surface area contributed by atoms with Crippen molar-refractivity contribution in [3.05, 3.63) is 54.1 Å². The maximum Gasteiger partial charge on any atom is 0.311 e. The average molecular weight is 271 g/mol. The van der Waals surface area contributed by atoms with E-state index in [4.69, 9.17) is 15.2 Å². The summed E-state index contributed by atoms with van der Waals surface area (Å²) in [6.45, 7) is 0. The number of methoxy groups -OCH3 is 1. The minimum Gasteiger partial charge on any atom is -0.493 e. The number of esters is 1. The molecule has 0 amide bonds. The molecule has 0 saturated heterocycles. The van der Waals surface area contributed by atoms with E-state index in [1.165, 1.54) is 7.11 Å². The number of benzene rings is 2. The van der Waals surface area contributed by atoms with E-state index < -0.39 is 0 Å². The van der Waals surface area contributed by atoms with Crippen LogP contribution in [0.3, 0.4) is 0 Å². The second-order valence-corrected chi connectivity index (χ2v) is 4.37. The van der Waals surface area contributed by atoms with Crippen LogP contribution in [-0.2, 0) is 11.2 Å². The Bertz CT molecular complexity index is 582. The van der Waals surface area contributed by atoms with Crippen molar-refractivity contribution in [2.45, 2.75) is 12.8 Å². The maximum atomic E-state index is 11.8. The van der Waals surface area contributed by atoms with Crippen molar-refractivity contribution in [3.8, 4) is 11.5 Å². The highest BCUT2D eigenvalue weighted by molar-refractivity contribution is 5.74. The van der Waals surface area contributed by atoms with Gasteiger partial charge >= 0.3 is 5.97 Å². The molecule has 0 unspecified atom stereocenters. The zero-order chi connectivity index (χ0) is 14.4. The van der Waals surface area contributed by atoms with Crippen LogP contribution in [-0.4, -0.2) is 13.1 Å². The predicted molar refractivity (Wildman–Crippen MR) is 77.8 cm³/mol. The van der Waals surface area contributed by atoms with Gasteiger partial charge in [-0.2, -0.15) is 0 Å². The largest absolute Gasteiger partial charge is 0.493 e. The Morgan fingerprint density at radius 2 is 1.85 bits per heavy atom. The lowest BCUT2D eigenvalue weighted by atomic mass is 10.1. The molecule has 0 aliphatic heterocycles. The fourth-order valence-corrected chi connectivity index (χ4v) is 1.83. The molecule has 0 heterocycles. The summed E-state index contributed by atoms with van der Waals surface area (Å²) in [6, 6.07) is 14.7. The lowest BCUT2D eigenvalue weighted by molar-refractivity contribution is -0.134. The third-order valence-electron chi connectivity index (χ3n) is 2.87. The van der Waals surface area contributed by atoms with E-state index >= 15 is 0 Å². The van der Waals surface area contributed by atoms with E-state index in [1.54, 1.807) is 18.2 Å². The van der Waals surface area contributed by atoms with Gasteiger partial charge in [0.2, 0.25) is 0 Å². The van der Waals surface area contributed by atoms with Crippen molar-refractivity contribution in [1.29, 1.82) is 0 Å². The van der Waals surface area contributed by atoms with E-state index in [1.807, 2.05) is 30.3 Å². The van der Waals surface area contributed by atoms with Gasteiger partial charge in [-0.1, -0.05) is 30.3 Å². The zero-order valence-corrected chi connectivity index (χ0v) is 11.3. The quantitative estimate of drug-likeness (QED) is 0.516. The number of carbonyl (C=O) groups is 1. The number of rotatable bonds is 5. The van der Waals surface area contributed by atoms with Crippen molar-refractivity contribution in [3.63, 3.8) is 0 Å². The van der Waals surface area contributed by atoms with Gasteiger partial charge in [-0.3, -0.25) is 4.79 Å². The highest BCUT2D eigenvalue weighted by Crippen LogP contribution is 2.29. The first-order valence-electron chi connectivity index (χ1n) is 6.37. The molecular weight excluding hydrogens is 254 g/mol. The van der Waals surface area contributed by atoms with Gasteiger partial charge in [0.05, 0.1) is 7.11 Å². The lowest BCUT2D eigenvalue weighted by Gasteiger charge is -2.09. The molecule has 104 valence electrons. The maximum absolute atomic E-state index is 11.8. The molecule has 0 fully saturated rings. The molecule has 0 spiro atoms. The first kappa shape index (κ1) is 13.9. The highest BCUT2D eigenvalue weighted by atomic mass is 16.6. The van der Waals surface area contributed by atoms with Crippen LogP contribution in [0, 0.1) is 0 Å². The van der Waals surface area contributed by atoms with Crippen LogP contribution in [0.4, 0.5) is 5.69 Å². The van der Waals surface area contributed by atoms with Crippen LogP contribution in [0.2, 0.25) is 0 Å². The monoisotopic (exact) mass is 271 g/mol. The van der Waals surface area contributed by atoms with E-state index in [0.29, 0.717) is 30.0 Å². The number of nitrogens with two attached hydrogens (primary N) is 1. The predicted octanol–water partition coefficient (Wildman–Crippen LogP) is 2.82. The molecular formula is C16H17NO3. The van der Waals surface area contributed by atoms with Crippen molar-refractivity contribution >= 4 is 11.7 Å². The van der Waals surface area contributed by atoms with Crippen molar-refractivity contribution in [2.75, 3.05) is 12.8 Å². The fourth-order valence-electron chi connectivity index (χ4n) is 1.83. The molecule has 2 rings (SSSR count). The molecule has 0 aromatic heterocycles. The normalized spacial score (nSPS) is 10.1. The minimum absolute atomic E-state index is 0.295. The van der Waals surface area contributed by atoms with Crippen molar-refractivity contribution in [2.24, 2.45) is 0 Å². The zero-order valence-electron chi connectivity index (χ0n) is 11.3. The van der Waals surface area contributed by atoms with Crippen LogP contribution < -0.4 is 15.2 Å². The highest BCUT2D eigenvalue weighted by Gasteiger charge is 2.10. The van der Waals surface area contributed by atoms with Crippen molar-refractivity contribution in [1.82, 2.24) is 0 Å². The van der Waals surface area contributed by atoms with Crippen LogP contribution in [0.25, 0.3) is 0 Å². The molecule has 2 aromatic rings. The molecule has 0 aliphatic carbocycles. The summed E-state index contributed by atoms with van der Waals surface area (Å²) in [7, 11) is 1.51. The van der Waals surface area contributed by atoms with E-state index in [-0.39, 0.29) is 5.97 Å². The Balaban J connectivity index is 1.95. The van der Waals surface area contributed by atoms with E-state index in [0.717, 1.165) is 5.56 Å². The topological polar surface area (TPSA) is 61.6 Å². The summed E-state index contributed by atoms with van der Waals surface area (Å²) < 4.78 is 10.4. The summed E-state index contributed by atoms with van der Waals surface area (Å²) in [5, 5.41) is 0. The molecule has 20 heavy (non-hydrogen) atoms. The minimum atomic E-state index is -0.295. The molecule has 2 aromatic carbocycles. The Morgan fingerprint density at radius 3 is 2.55 bits per heavy atom. The van der Waals surface area contributed by atoms with Gasteiger partial charge in [0.15, 0.2) is 11.5 Å². The molecule has 0 aliphatic rings. The molecule has 0 atom stereocenters. The molecule has 2 N–H and O–H groups in total. The van der Waals surface area contributed by atoms with Gasteiger partial charge in [0.1, 0.15) is 0 Å². The van der Waals surface area contributed by atoms with Gasteiger partial charge in [0, 0.05) is 18.2 Å². The standard InChI is InChI=1S/C16H17NO3/c1-19-15-11-13(17)8-9-14(15)20-16(18)10-7-12-5-3-2-4-6-12/h2-6,8-9,11H,7,10,17H2,1H3. The Hall–Kier alpha value is -2.49. The number of hydrogen-bond acceptors (Lipinski definition) is 4. The number of nitrogen functional groups attached to an aromatic ring is 1.